The van der Waals surface area contributed by atoms with E-state index in [2.05, 4.69) is 199 Å². The number of para-hydroxylation sites is 3. The van der Waals surface area contributed by atoms with Gasteiger partial charge in [0.05, 0.1) is 0 Å². The second kappa shape index (κ2) is 13.7. The quantitative estimate of drug-likeness (QED) is 0.163. The van der Waals surface area contributed by atoms with Crippen molar-refractivity contribution >= 4 is 44.6 Å². The Kier molecular flexibility index (Phi) is 7.96. The Morgan fingerprint density at radius 1 is 0.439 bits per heavy atom. The predicted molar refractivity (Wildman–Crippen MR) is 235 cm³/mol. The van der Waals surface area contributed by atoms with Crippen molar-refractivity contribution < 1.29 is 9.15 Å². The molecule has 57 heavy (non-hydrogen) atoms. The maximum absolute atomic E-state index is 6.54. The molecular formula is C54H37NO2. The summed E-state index contributed by atoms with van der Waals surface area (Å²) in [7, 11) is 0. The van der Waals surface area contributed by atoms with Crippen molar-refractivity contribution in [3.63, 3.8) is 0 Å². The highest BCUT2D eigenvalue weighted by Gasteiger charge is 2.36. The van der Waals surface area contributed by atoms with Crippen LogP contribution in [0.25, 0.3) is 60.9 Å². The number of fused-ring (bicyclic) bond motifs is 6. The van der Waals surface area contributed by atoms with Crippen LogP contribution in [-0.4, -0.2) is 6.10 Å². The van der Waals surface area contributed by atoms with E-state index in [1.54, 1.807) is 0 Å². The van der Waals surface area contributed by atoms with Gasteiger partial charge in [0.25, 0.3) is 0 Å². The Labute approximate surface area is 332 Å². The van der Waals surface area contributed by atoms with Crippen LogP contribution in [0.2, 0.25) is 0 Å². The smallest absolute Gasteiger partial charge is 0.143 e. The fourth-order valence-electron chi connectivity index (χ4n) is 8.66. The fourth-order valence-corrected chi connectivity index (χ4v) is 8.66. The molecule has 270 valence electrons. The van der Waals surface area contributed by atoms with Gasteiger partial charge in [0.15, 0.2) is 0 Å². The molecule has 0 radical (unpaired) electrons. The van der Waals surface area contributed by atoms with Gasteiger partial charge in [-0.2, -0.15) is 0 Å². The van der Waals surface area contributed by atoms with E-state index in [4.69, 9.17) is 9.15 Å². The number of hydrogen-bond acceptors (Lipinski definition) is 3. The van der Waals surface area contributed by atoms with Gasteiger partial charge >= 0.3 is 0 Å². The monoisotopic (exact) mass is 731 g/mol. The summed E-state index contributed by atoms with van der Waals surface area (Å²) in [5.41, 5.74) is 15.5. The Hall–Kier alpha value is -7.36. The van der Waals surface area contributed by atoms with E-state index in [0.717, 1.165) is 61.4 Å². The lowest BCUT2D eigenvalue weighted by Gasteiger charge is -2.27. The van der Waals surface area contributed by atoms with Crippen LogP contribution < -0.4 is 9.64 Å². The van der Waals surface area contributed by atoms with Gasteiger partial charge in [-0.3, -0.25) is 0 Å². The topological polar surface area (TPSA) is 25.6 Å². The molecule has 2 aliphatic rings. The third-order valence-corrected chi connectivity index (χ3v) is 11.5. The zero-order valence-electron chi connectivity index (χ0n) is 31.1. The molecule has 0 spiro atoms. The molecule has 1 aliphatic carbocycles. The van der Waals surface area contributed by atoms with Crippen LogP contribution in [0.3, 0.4) is 0 Å². The average Bonchev–Trinajstić information content (AvgIpc) is 3.86. The normalized spacial score (nSPS) is 15.5. The van der Waals surface area contributed by atoms with Crippen molar-refractivity contribution in [3.05, 3.63) is 223 Å². The number of nitrogens with zero attached hydrogens (tertiary/aromatic N) is 1. The number of benzene rings is 8. The Morgan fingerprint density at radius 3 is 1.81 bits per heavy atom. The number of furan rings is 1. The molecule has 0 N–H and O–H groups in total. The molecule has 0 bridgehead atoms. The number of hydrogen-bond donors (Lipinski definition) is 0. The SMILES string of the molecule is C1=CC2c3ccccc3OC2C(c2ccc(N(c3ccc(-c4ccc(-c5ccccc5)cc4)cc3)c3cccc(-c4cccc5c4oc4ccccc45)c3)cc2)=C1. The molecule has 0 fully saturated rings. The van der Waals surface area contributed by atoms with Crippen LogP contribution in [0, 0.1) is 0 Å². The summed E-state index contributed by atoms with van der Waals surface area (Å²) in [6, 6.07) is 69.1. The van der Waals surface area contributed by atoms with Crippen molar-refractivity contribution in [2.45, 2.75) is 12.0 Å². The minimum absolute atomic E-state index is 0.0405. The van der Waals surface area contributed by atoms with Crippen molar-refractivity contribution in [3.8, 4) is 39.1 Å². The zero-order valence-corrected chi connectivity index (χ0v) is 31.1. The second-order valence-electron chi connectivity index (χ2n) is 14.8. The number of rotatable bonds is 7. The minimum Gasteiger partial charge on any atom is -0.484 e. The van der Waals surface area contributed by atoms with Gasteiger partial charge in [-0.1, -0.05) is 164 Å². The van der Waals surface area contributed by atoms with E-state index in [9.17, 15) is 0 Å². The highest BCUT2D eigenvalue weighted by Crippen LogP contribution is 2.47. The lowest BCUT2D eigenvalue weighted by atomic mass is 9.84. The molecule has 3 nitrogen and oxygen atoms in total. The summed E-state index contributed by atoms with van der Waals surface area (Å²) in [5, 5.41) is 2.25. The van der Waals surface area contributed by atoms with Crippen molar-refractivity contribution in [1.82, 2.24) is 0 Å². The summed E-state index contributed by atoms with van der Waals surface area (Å²) >= 11 is 0. The largest absolute Gasteiger partial charge is 0.484 e. The molecule has 0 saturated heterocycles. The Balaban J connectivity index is 0.972. The van der Waals surface area contributed by atoms with Gasteiger partial charge in [-0.15, -0.1) is 0 Å². The first-order valence-electron chi connectivity index (χ1n) is 19.6. The number of allylic oxidation sites excluding steroid dienone is 2. The van der Waals surface area contributed by atoms with Crippen molar-refractivity contribution in [2.75, 3.05) is 4.90 Å². The van der Waals surface area contributed by atoms with E-state index in [1.165, 1.54) is 33.4 Å². The van der Waals surface area contributed by atoms with Crippen LogP contribution in [0.1, 0.15) is 17.0 Å². The number of ether oxygens (including phenoxy) is 1. The average molecular weight is 732 g/mol. The van der Waals surface area contributed by atoms with Crippen molar-refractivity contribution in [1.29, 1.82) is 0 Å². The van der Waals surface area contributed by atoms with E-state index in [-0.39, 0.29) is 12.0 Å². The lowest BCUT2D eigenvalue weighted by molar-refractivity contribution is 0.278. The van der Waals surface area contributed by atoms with Gasteiger partial charge < -0.3 is 14.1 Å². The van der Waals surface area contributed by atoms with Gasteiger partial charge in [-0.05, 0) is 81.9 Å². The highest BCUT2D eigenvalue weighted by atomic mass is 16.5. The van der Waals surface area contributed by atoms with Crippen LogP contribution in [-0.2, 0) is 0 Å². The van der Waals surface area contributed by atoms with E-state index < -0.39 is 0 Å². The van der Waals surface area contributed by atoms with Crippen LogP contribution in [0.4, 0.5) is 17.1 Å². The van der Waals surface area contributed by atoms with Crippen LogP contribution >= 0.6 is 0 Å². The number of anilines is 3. The molecule has 2 heterocycles. The lowest BCUT2D eigenvalue weighted by Crippen LogP contribution is -2.21. The first-order chi connectivity index (χ1) is 28.2. The summed E-state index contributed by atoms with van der Waals surface area (Å²) in [4.78, 5) is 2.34. The van der Waals surface area contributed by atoms with Gasteiger partial charge in [0.2, 0.25) is 0 Å². The minimum atomic E-state index is -0.0405. The molecule has 9 aromatic rings. The third-order valence-electron chi connectivity index (χ3n) is 11.5. The molecule has 1 aromatic heterocycles. The summed E-state index contributed by atoms with van der Waals surface area (Å²) in [6.07, 6.45) is 6.59. The Bertz CT molecular complexity index is 2970. The molecule has 0 saturated carbocycles. The predicted octanol–water partition coefficient (Wildman–Crippen LogP) is 14.6. The van der Waals surface area contributed by atoms with Gasteiger partial charge in [0, 0.05) is 50.5 Å². The van der Waals surface area contributed by atoms with Crippen molar-refractivity contribution in [2.24, 2.45) is 0 Å². The zero-order chi connectivity index (χ0) is 37.7. The first-order valence-corrected chi connectivity index (χ1v) is 19.6. The van der Waals surface area contributed by atoms with E-state index in [1.807, 2.05) is 18.2 Å². The first kappa shape index (κ1) is 33.0. The molecule has 3 heteroatoms. The maximum Gasteiger partial charge on any atom is 0.143 e. The maximum atomic E-state index is 6.54. The van der Waals surface area contributed by atoms with E-state index >= 15 is 0 Å². The second-order valence-corrected chi connectivity index (χ2v) is 14.8. The standard InChI is InChI=1S/C54H37NO2/c1-2-11-36(12-3-1)37-23-25-38(26-24-37)39-27-31-42(32-28-39)55(43-33-29-40(30-34-43)45-17-9-19-49-47-15-4-6-21-51(47)56-53(45)49)44-14-8-13-41(35-44)46-18-10-20-50-48-16-5-7-22-52(48)57-54(46)50/h1-35,49,53H. The Morgan fingerprint density at radius 2 is 1.04 bits per heavy atom. The van der Waals surface area contributed by atoms with Crippen LogP contribution in [0.5, 0.6) is 5.75 Å². The fraction of sp³-hybridized carbons (Fsp3) is 0.0370. The molecular weight excluding hydrogens is 695 g/mol. The molecule has 11 rings (SSSR count). The molecule has 1 aliphatic heterocycles. The molecule has 0 amide bonds. The molecule has 2 unspecified atom stereocenters. The molecule has 2 atom stereocenters. The summed E-state index contributed by atoms with van der Waals surface area (Å²) < 4.78 is 13.0. The van der Waals surface area contributed by atoms with Crippen LogP contribution in [0.15, 0.2) is 217 Å². The van der Waals surface area contributed by atoms with Gasteiger partial charge in [-0.25, -0.2) is 0 Å². The molecule has 8 aromatic carbocycles. The third kappa shape index (κ3) is 5.84. The van der Waals surface area contributed by atoms with E-state index in [0.29, 0.717) is 0 Å². The highest BCUT2D eigenvalue weighted by molar-refractivity contribution is 6.09. The summed E-state index contributed by atoms with van der Waals surface area (Å²) in [6.45, 7) is 0. The van der Waals surface area contributed by atoms with Gasteiger partial charge in [0.1, 0.15) is 23.0 Å². The summed E-state index contributed by atoms with van der Waals surface area (Å²) in [5.74, 6) is 1.19.